The second-order valence-corrected chi connectivity index (χ2v) is 5.76. The van der Waals surface area contributed by atoms with Crippen molar-refractivity contribution in [3.63, 3.8) is 0 Å². The van der Waals surface area contributed by atoms with Crippen LogP contribution in [0.5, 0.6) is 11.5 Å². The van der Waals surface area contributed by atoms with Gasteiger partial charge in [0.1, 0.15) is 6.54 Å². The van der Waals surface area contributed by atoms with E-state index in [1.54, 1.807) is 0 Å². The Bertz CT molecular complexity index is 974. The van der Waals surface area contributed by atoms with Crippen molar-refractivity contribution < 1.29 is 14.6 Å². The van der Waals surface area contributed by atoms with Gasteiger partial charge in [-0.3, -0.25) is 4.79 Å². The third kappa shape index (κ3) is 4.59. The predicted molar refractivity (Wildman–Crippen MR) is 98.7 cm³/mol. The summed E-state index contributed by atoms with van der Waals surface area (Å²) in [6.45, 7) is -0.142. The van der Waals surface area contributed by atoms with Crippen LogP contribution < -0.4 is 10.2 Å². The molecule has 0 bridgehead atoms. The van der Waals surface area contributed by atoms with Gasteiger partial charge in [0.25, 0.3) is 5.91 Å². The second-order valence-electron chi connectivity index (χ2n) is 5.36. The maximum Gasteiger partial charge on any atom is 0.263 e. The highest BCUT2D eigenvalue weighted by Gasteiger charge is 2.09. The molecule has 2 N–H and O–H groups in total. The Morgan fingerprint density at radius 1 is 1.37 bits per heavy atom. The Morgan fingerprint density at radius 3 is 2.89 bits per heavy atom. The zero-order valence-electron chi connectivity index (χ0n) is 14.2. The Kier molecular flexibility index (Phi) is 5.62. The van der Waals surface area contributed by atoms with Crippen LogP contribution in [-0.4, -0.2) is 44.5 Å². The highest BCUT2D eigenvalue weighted by Crippen LogP contribution is 2.34. The number of hydrazone groups is 1. The molecule has 138 valence electrons. The number of hydrogen-bond donors (Lipinski definition) is 2. The van der Waals surface area contributed by atoms with Gasteiger partial charge in [0.05, 0.1) is 18.3 Å². The number of methoxy groups -OCH3 is 1. The summed E-state index contributed by atoms with van der Waals surface area (Å²) in [5.74, 6) is 0.0418. The molecule has 3 aromatic rings. The number of carbonyl (C=O) groups is 1. The largest absolute Gasteiger partial charge is 0.503 e. The van der Waals surface area contributed by atoms with Crippen molar-refractivity contribution in [1.82, 2.24) is 25.6 Å². The number of hydrogen-bond acceptors (Lipinski definition) is 7. The number of aromatic nitrogens is 4. The second kappa shape index (κ2) is 8.28. The average molecular weight is 387 g/mol. The Balaban J connectivity index is 1.60. The minimum absolute atomic E-state index is 0.113. The topological polar surface area (TPSA) is 115 Å². The monoisotopic (exact) mass is 386 g/mol. The van der Waals surface area contributed by atoms with Crippen LogP contribution in [0.1, 0.15) is 5.56 Å². The number of tetrazole rings is 1. The Morgan fingerprint density at radius 2 is 2.15 bits per heavy atom. The lowest BCUT2D eigenvalue weighted by atomic mass is 10.2. The molecule has 0 saturated carbocycles. The van der Waals surface area contributed by atoms with Crippen molar-refractivity contribution >= 4 is 23.7 Å². The predicted octanol–water partition coefficient (Wildman–Crippen LogP) is 1.86. The van der Waals surface area contributed by atoms with Gasteiger partial charge in [-0.2, -0.15) is 9.90 Å². The Hall–Kier alpha value is -3.46. The SMILES string of the molecule is COc1cc(/C=N/NC(=O)Cn2nnc(-c3ccccc3)n2)cc(Cl)c1O. The molecule has 0 aliphatic carbocycles. The minimum atomic E-state index is -0.430. The maximum absolute atomic E-state index is 11.9. The van der Waals surface area contributed by atoms with E-state index in [1.165, 1.54) is 30.3 Å². The van der Waals surface area contributed by atoms with Crippen LogP contribution >= 0.6 is 11.6 Å². The molecule has 0 aliphatic rings. The number of aromatic hydroxyl groups is 1. The van der Waals surface area contributed by atoms with Crippen LogP contribution in [0.4, 0.5) is 0 Å². The van der Waals surface area contributed by atoms with Crippen LogP contribution in [0, 0.1) is 0 Å². The molecule has 1 heterocycles. The number of nitrogens with zero attached hydrogens (tertiary/aromatic N) is 5. The number of carbonyl (C=O) groups excluding carboxylic acids is 1. The lowest BCUT2D eigenvalue weighted by molar-refractivity contribution is -0.122. The van der Waals surface area contributed by atoms with E-state index in [9.17, 15) is 9.90 Å². The molecule has 3 rings (SSSR count). The summed E-state index contributed by atoms with van der Waals surface area (Å²) in [7, 11) is 1.41. The summed E-state index contributed by atoms with van der Waals surface area (Å²) in [4.78, 5) is 13.1. The number of phenols is 1. The number of amides is 1. The quantitative estimate of drug-likeness (QED) is 0.493. The standard InChI is InChI=1S/C17H15ClN6O3/c1-27-14-8-11(7-13(18)16(14)26)9-19-20-15(25)10-24-22-17(21-23-24)12-5-3-2-4-6-12/h2-9,26H,10H2,1H3,(H,20,25)/b19-9+. The van der Waals surface area contributed by atoms with Crippen molar-refractivity contribution in [3.8, 4) is 22.9 Å². The third-order valence-electron chi connectivity index (χ3n) is 3.44. The van der Waals surface area contributed by atoms with E-state index < -0.39 is 5.91 Å². The zero-order chi connectivity index (χ0) is 19.2. The van der Waals surface area contributed by atoms with Crippen LogP contribution in [0.25, 0.3) is 11.4 Å². The lowest BCUT2D eigenvalue weighted by Gasteiger charge is -2.06. The molecule has 2 aromatic carbocycles. The number of benzene rings is 2. The fourth-order valence-electron chi connectivity index (χ4n) is 2.18. The summed E-state index contributed by atoms with van der Waals surface area (Å²) in [5.41, 5.74) is 3.70. The molecule has 0 unspecified atom stereocenters. The summed E-state index contributed by atoms with van der Waals surface area (Å²) in [6, 6.07) is 12.3. The lowest BCUT2D eigenvalue weighted by Crippen LogP contribution is -2.24. The molecule has 1 amide bonds. The highest BCUT2D eigenvalue weighted by molar-refractivity contribution is 6.32. The molecule has 0 spiro atoms. The fraction of sp³-hybridized carbons (Fsp3) is 0.118. The van der Waals surface area contributed by atoms with Gasteiger partial charge in [-0.25, -0.2) is 5.43 Å². The van der Waals surface area contributed by atoms with Gasteiger partial charge in [0, 0.05) is 5.56 Å². The number of ether oxygens (including phenoxy) is 1. The molecule has 0 atom stereocenters. The van der Waals surface area contributed by atoms with Crippen molar-refractivity contribution in [3.05, 3.63) is 53.1 Å². The number of phenolic OH excluding ortho intramolecular Hbond substituents is 1. The number of rotatable bonds is 6. The van der Waals surface area contributed by atoms with E-state index in [4.69, 9.17) is 16.3 Å². The zero-order valence-corrected chi connectivity index (χ0v) is 15.0. The summed E-state index contributed by atoms with van der Waals surface area (Å²) >= 11 is 5.89. The van der Waals surface area contributed by atoms with E-state index >= 15 is 0 Å². The molecular weight excluding hydrogens is 372 g/mol. The maximum atomic E-state index is 11.9. The first-order chi connectivity index (χ1) is 13.1. The normalized spacial score (nSPS) is 10.9. The molecule has 0 aliphatic heterocycles. The van der Waals surface area contributed by atoms with E-state index in [-0.39, 0.29) is 23.1 Å². The van der Waals surface area contributed by atoms with Gasteiger partial charge in [-0.1, -0.05) is 41.9 Å². The molecule has 10 heteroatoms. The molecular formula is C17H15ClN6O3. The molecule has 0 radical (unpaired) electrons. The van der Waals surface area contributed by atoms with Crippen molar-refractivity contribution in [1.29, 1.82) is 0 Å². The summed E-state index contributed by atoms with van der Waals surface area (Å²) < 4.78 is 5.00. The van der Waals surface area contributed by atoms with Gasteiger partial charge in [0.2, 0.25) is 5.82 Å². The molecule has 1 aromatic heterocycles. The van der Waals surface area contributed by atoms with Crippen LogP contribution in [0.15, 0.2) is 47.6 Å². The highest BCUT2D eigenvalue weighted by atomic mass is 35.5. The van der Waals surface area contributed by atoms with Gasteiger partial charge in [-0.15, -0.1) is 10.2 Å². The molecule has 0 saturated heterocycles. The molecule has 9 nitrogen and oxygen atoms in total. The fourth-order valence-corrected chi connectivity index (χ4v) is 2.40. The first-order valence-electron chi connectivity index (χ1n) is 7.78. The first kappa shape index (κ1) is 18.3. The smallest absolute Gasteiger partial charge is 0.263 e. The van der Waals surface area contributed by atoms with Crippen LogP contribution in [-0.2, 0) is 11.3 Å². The van der Waals surface area contributed by atoms with Crippen molar-refractivity contribution in [2.24, 2.45) is 5.10 Å². The van der Waals surface area contributed by atoms with Gasteiger partial charge < -0.3 is 9.84 Å². The summed E-state index contributed by atoms with van der Waals surface area (Å²) in [6.07, 6.45) is 1.37. The number of halogens is 1. The van der Waals surface area contributed by atoms with Crippen LogP contribution in [0.3, 0.4) is 0 Å². The van der Waals surface area contributed by atoms with Crippen molar-refractivity contribution in [2.75, 3.05) is 7.11 Å². The first-order valence-corrected chi connectivity index (χ1v) is 8.16. The van der Waals surface area contributed by atoms with Gasteiger partial charge in [-0.05, 0) is 22.9 Å². The van der Waals surface area contributed by atoms with Crippen molar-refractivity contribution in [2.45, 2.75) is 6.54 Å². The number of nitrogens with one attached hydrogen (secondary N) is 1. The molecule has 27 heavy (non-hydrogen) atoms. The van der Waals surface area contributed by atoms with Gasteiger partial charge >= 0.3 is 0 Å². The van der Waals surface area contributed by atoms with E-state index in [1.807, 2.05) is 30.3 Å². The minimum Gasteiger partial charge on any atom is -0.503 e. The van der Waals surface area contributed by atoms with Gasteiger partial charge in [0.15, 0.2) is 11.5 Å². The average Bonchev–Trinajstić information content (AvgIpc) is 3.13. The molecule has 0 fully saturated rings. The summed E-state index contributed by atoms with van der Waals surface area (Å²) in [5, 5.41) is 25.6. The third-order valence-corrected chi connectivity index (χ3v) is 3.73. The van der Waals surface area contributed by atoms with Crippen LogP contribution in [0.2, 0.25) is 5.02 Å². The van der Waals surface area contributed by atoms with E-state index in [0.717, 1.165) is 5.56 Å². The van der Waals surface area contributed by atoms with E-state index in [0.29, 0.717) is 11.4 Å². The Labute approximate surface area is 159 Å². The van der Waals surface area contributed by atoms with E-state index in [2.05, 4.69) is 25.9 Å².